The maximum Gasteiger partial charge on any atom is 0.245 e. The first-order valence-corrected chi connectivity index (χ1v) is 8.08. The quantitative estimate of drug-likeness (QED) is 0.712. The van der Waals surface area contributed by atoms with Crippen LogP contribution in [0.2, 0.25) is 0 Å². The summed E-state index contributed by atoms with van der Waals surface area (Å²) in [5.41, 5.74) is 2.98. The zero-order valence-corrected chi connectivity index (χ0v) is 14.2. The average Bonchev–Trinajstić information content (AvgIpc) is 3.21. The molecule has 0 aliphatic rings. The van der Waals surface area contributed by atoms with Crippen molar-refractivity contribution in [3.05, 3.63) is 41.3 Å². The summed E-state index contributed by atoms with van der Waals surface area (Å²) in [6, 6.07) is 6.04. The molecule has 2 aromatic heterocycles. The van der Waals surface area contributed by atoms with Crippen molar-refractivity contribution in [2.75, 3.05) is 5.32 Å². The van der Waals surface area contributed by atoms with Crippen molar-refractivity contribution >= 4 is 5.69 Å². The molecular weight excluding hydrogens is 306 g/mol. The zero-order chi connectivity index (χ0) is 16.9. The van der Waals surface area contributed by atoms with E-state index in [1.807, 2.05) is 32.0 Å². The number of benzene rings is 1. The largest absolute Gasteiger partial charge is 0.376 e. The molecule has 0 aliphatic carbocycles. The summed E-state index contributed by atoms with van der Waals surface area (Å²) in [5.74, 6) is 2.09. The zero-order valence-electron chi connectivity index (χ0n) is 14.2. The van der Waals surface area contributed by atoms with Gasteiger partial charge in [-0.3, -0.25) is 0 Å². The molecule has 0 saturated heterocycles. The van der Waals surface area contributed by atoms with Crippen LogP contribution in [0, 0.1) is 13.8 Å². The highest BCUT2D eigenvalue weighted by atomic mass is 16.5. The number of aryl methyl sites for hydroxylation is 3. The molecule has 8 heteroatoms. The van der Waals surface area contributed by atoms with Crippen molar-refractivity contribution in [2.45, 2.75) is 46.6 Å². The second-order valence-corrected chi connectivity index (χ2v) is 5.70. The van der Waals surface area contributed by atoms with E-state index in [0.29, 0.717) is 12.4 Å². The Morgan fingerprint density at radius 1 is 1.25 bits per heavy atom. The number of rotatable bonds is 7. The molecule has 1 N–H and O–H groups in total. The fourth-order valence-electron chi connectivity index (χ4n) is 2.38. The molecule has 0 bridgehead atoms. The monoisotopic (exact) mass is 327 g/mol. The Labute approximate surface area is 140 Å². The maximum atomic E-state index is 5.27. The first kappa shape index (κ1) is 16.1. The summed E-state index contributed by atoms with van der Waals surface area (Å²) >= 11 is 0. The van der Waals surface area contributed by atoms with Crippen LogP contribution in [0.3, 0.4) is 0 Å². The highest BCUT2D eigenvalue weighted by molar-refractivity contribution is 5.54. The molecule has 0 spiro atoms. The molecule has 0 radical (unpaired) electrons. The highest BCUT2D eigenvalue weighted by Gasteiger charge is 2.09. The van der Waals surface area contributed by atoms with Gasteiger partial charge in [0, 0.05) is 12.1 Å². The molecule has 0 unspecified atom stereocenters. The highest BCUT2D eigenvalue weighted by Crippen LogP contribution is 2.19. The van der Waals surface area contributed by atoms with Gasteiger partial charge < -0.3 is 9.84 Å². The van der Waals surface area contributed by atoms with E-state index in [1.165, 1.54) is 0 Å². The van der Waals surface area contributed by atoms with Crippen LogP contribution in [0.15, 0.2) is 22.7 Å². The SMILES string of the molecule is CCCCc1noc(CNc2ccc(C)c(-n3nnnc3C)c2)n1. The second kappa shape index (κ2) is 7.20. The van der Waals surface area contributed by atoms with Crippen LogP contribution in [0.4, 0.5) is 5.69 Å². The van der Waals surface area contributed by atoms with E-state index in [9.17, 15) is 0 Å². The third kappa shape index (κ3) is 3.58. The first-order chi connectivity index (χ1) is 11.7. The van der Waals surface area contributed by atoms with E-state index < -0.39 is 0 Å². The van der Waals surface area contributed by atoms with Gasteiger partial charge in [-0.15, -0.1) is 5.10 Å². The van der Waals surface area contributed by atoms with Gasteiger partial charge in [-0.25, -0.2) is 0 Å². The third-order valence-electron chi connectivity index (χ3n) is 3.77. The molecule has 3 rings (SSSR count). The molecule has 1 aromatic carbocycles. The van der Waals surface area contributed by atoms with Crippen LogP contribution in [-0.4, -0.2) is 30.3 Å². The van der Waals surface area contributed by atoms with Crippen LogP contribution < -0.4 is 5.32 Å². The van der Waals surface area contributed by atoms with Gasteiger partial charge in [-0.2, -0.15) is 9.67 Å². The summed E-state index contributed by atoms with van der Waals surface area (Å²) in [6.45, 7) is 6.52. The van der Waals surface area contributed by atoms with Crippen molar-refractivity contribution in [3.63, 3.8) is 0 Å². The predicted octanol–water partition coefficient (Wildman–Crippen LogP) is 2.62. The molecular formula is C16H21N7O. The molecule has 0 atom stereocenters. The van der Waals surface area contributed by atoms with Crippen molar-refractivity contribution < 1.29 is 4.52 Å². The van der Waals surface area contributed by atoms with E-state index >= 15 is 0 Å². The molecule has 24 heavy (non-hydrogen) atoms. The lowest BCUT2D eigenvalue weighted by Crippen LogP contribution is -2.05. The van der Waals surface area contributed by atoms with Gasteiger partial charge in [0.15, 0.2) is 11.6 Å². The Bertz CT molecular complexity index is 808. The summed E-state index contributed by atoms with van der Waals surface area (Å²) in [7, 11) is 0. The molecule has 126 valence electrons. The lowest BCUT2D eigenvalue weighted by molar-refractivity contribution is 0.377. The lowest BCUT2D eigenvalue weighted by Gasteiger charge is -2.10. The van der Waals surface area contributed by atoms with Gasteiger partial charge in [0.1, 0.15) is 0 Å². The minimum absolute atomic E-state index is 0.482. The fraction of sp³-hybridized carbons (Fsp3) is 0.438. The number of anilines is 1. The number of aromatic nitrogens is 6. The first-order valence-electron chi connectivity index (χ1n) is 8.08. The summed E-state index contributed by atoms with van der Waals surface area (Å²) < 4.78 is 6.99. The second-order valence-electron chi connectivity index (χ2n) is 5.70. The summed E-state index contributed by atoms with van der Waals surface area (Å²) in [4.78, 5) is 4.39. The molecule has 0 aliphatic heterocycles. The Morgan fingerprint density at radius 3 is 2.88 bits per heavy atom. The van der Waals surface area contributed by atoms with E-state index in [-0.39, 0.29) is 0 Å². The smallest absolute Gasteiger partial charge is 0.245 e. The number of nitrogens with one attached hydrogen (secondary N) is 1. The van der Waals surface area contributed by atoms with Crippen molar-refractivity contribution in [1.82, 2.24) is 30.3 Å². The Kier molecular flexibility index (Phi) is 4.83. The number of hydrogen-bond acceptors (Lipinski definition) is 7. The van der Waals surface area contributed by atoms with E-state index in [4.69, 9.17) is 4.52 Å². The van der Waals surface area contributed by atoms with Crippen LogP contribution >= 0.6 is 0 Å². The average molecular weight is 327 g/mol. The van der Waals surface area contributed by atoms with Crippen LogP contribution in [0.25, 0.3) is 5.69 Å². The Hall–Kier alpha value is -2.77. The molecule has 8 nitrogen and oxygen atoms in total. The van der Waals surface area contributed by atoms with Crippen LogP contribution in [0.5, 0.6) is 0 Å². The van der Waals surface area contributed by atoms with Gasteiger partial charge in [0.25, 0.3) is 0 Å². The normalized spacial score (nSPS) is 11.0. The van der Waals surface area contributed by atoms with Gasteiger partial charge in [0.2, 0.25) is 5.89 Å². The minimum atomic E-state index is 0.482. The van der Waals surface area contributed by atoms with Crippen LogP contribution in [0.1, 0.15) is 42.9 Å². The fourth-order valence-corrected chi connectivity index (χ4v) is 2.38. The maximum absolute atomic E-state index is 5.27. The van der Waals surface area contributed by atoms with Crippen molar-refractivity contribution in [1.29, 1.82) is 0 Å². The predicted molar refractivity (Wildman–Crippen MR) is 88.9 cm³/mol. The Balaban J connectivity index is 1.70. The summed E-state index contributed by atoms with van der Waals surface area (Å²) in [6.07, 6.45) is 3.04. The molecule has 2 heterocycles. The van der Waals surface area contributed by atoms with E-state index in [1.54, 1.807) is 4.68 Å². The van der Waals surface area contributed by atoms with E-state index in [2.05, 4.69) is 37.9 Å². The Morgan fingerprint density at radius 2 is 2.12 bits per heavy atom. The number of nitrogens with zero attached hydrogens (tertiary/aromatic N) is 6. The third-order valence-corrected chi connectivity index (χ3v) is 3.77. The standard InChI is InChI=1S/C16H21N7O/c1-4-5-6-15-18-16(24-20-15)10-17-13-8-7-11(2)14(9-13)23-12(3)19-21-22-23/h7-9,17H,4-6,10H2,1-3H3. The minimum Gasteiger partial charge on any atom is -0.376 e. The number of unbranched alkanes of at least 4 members (excludes halogenated alkanes) is 1. The molecule has 0 saturated carbocycles. The van der Waals surface area contributed by atoms with Gasteiger partial charge in [-0.05, 0) is 48.4 Å². The summed E-state index contributed by atoms with van der Waals surface area (Å²) in [5, 5.41) is 19.0. The van der Waals surface area contributed by atoms with Crippen molar-refractivity contribution in [3.8, 4) is 5.69 Å². The lowest BCUT2D eigenvalue weighted by atomic mass is 10.2. The number of hydrogen-bond donors (Lipinski definition) is 1. The molecule has 0 amide bonds. The molecule has 3 aromatic rings. The van der Waals surface area contributed by atoms with Gasteiger partial charge >= 0.3 is 0 Å². The topological polar surface area (TPSA) is 94.6 Å². The van der Waals surface area contributed by atoms with Gasteiger partial charge in [-0.1, -0.05) is 24.6 Å². The number of tetrazole rings is 1. The molecule has 0 fully saturated rings. The van der Waals surface area contributed by atoms with Crippen molar-refractivity contribution in [2.24, 2.45) is 0 Å². The van der Waals surface area contributed by atoms with Gasteiger partial charge in [0.05, 0.1) is 12.2 Å². The van der Waals surface area contributed by atoms with E-state index in [0.717, 1.165) is 47.8 Å². The van der Waals surface area contributed by atoms with Crippen LogP contribution in [-0.2, 0) is 13.0 Å².